The molecule has 0 aromatic carbocycles. The number of likely N-dealkylation sites (N-methyl/N-ethyl adjacent to an activating group) is 1. The second-order valence-corrected chi connectivity index (χ2v) is 3.66. The lowest BCUT2D eigenvalue weighted by molar-refractivity contribution is -0.126. The molecule has 0 aliphatic carbocycles. The molecular weight excluding hydrogens is 166 g/mol. The molecular formula is C9H19N3O. The van der Waals surface area contributed by atoms with E-state index in [4.69, 9.17) is 0 Å². The van der Waals surface area contributed by atoms with Gasteiger partial charge in [-0.1, -0.05) is 6.92 Å². The molecule has 1 aliphatic rings. The number of hydrazine groups is 1. The summed E-state index contributed by atoms with van der Waals surface area (Å²) >= 11 is 0. The van der Waals surface area contributed by atoms with E-state index in [1.165, 1.54) is 0 Å². The van der Waals surface area contributed by atoms with Crippen LogP contribution in [0.5, 0.6) is 0 Å². The average molecular weight is 185 g/mol. The zero-order valence-electron chi connectivity index (χ0n) is 8.71. The van der Waals surface area contributed by atoms with Crippen molar-refractivity contribution in [3.05, 3.63) is 0 Å². The molecule has 1 unspecified atom stereocenters. The first-order valence-corrected chi connectivity index (χ1v) is 4.88. The quantitative estimate of drug-likeness (QED) is 0.661. The van der Waals surface area contributed by atoms with Crippen molar-refractivity contribution >= 4 is 5.91 Å². The lowest BCUT2D eigenvalue weighted by Crippen LogP contribution is -2.56. The molecule has 76 valence electrons. The Morgan fingerprint density at radius 3 is 2.77 bits per heavy atom. The van der Waals surface area contributed by atoms with Gasteiger partial charge in [-0.05, 0) is 14.0 Å². The van der Waals surface area contributed by atoms with Crippen LogP contribution < -0.4 is 5.43 Å². The van der Waals surface area contributed by atoms with Crippen LogP contribution in [0.15, 0.2) is 0 Å². The third-order valence-corrected chi connectivity index (χ3v) is 2.56. The number of nitrogens with zero attached hydrogens (tertiary/aromatic N) is 2. The summed E-state index contributed by atoms with van der Waals surface area (Å²) in [6, 6.07) is 0.519. The van der Waals surface area contributed by atoms with Crippen LogP contribution in [0.1, 0.15) is 20.3 Å². The predicted molar refractivity (Wildman–Crippen MR) is 52.1 cm³/mol. The number of carbonyl (C=O) groups is 1. The summed E-state index contributed by atoms with van der Waals surface area (Å²) in [4.78, 5) is 13.4. The van der Waals surface area contributed by atoms with Crippen molar-refractivity contribution in [1.29, 1.82) is 0 Å². The highest BCUT2D eigenvalue weighted by atomic mass is 16.2. The van der Waals surface area contributed by atoms with Gasteiger partial charge in [0.2, 0.25) is 5.91 Å². The molecule has 4 heteroatoms. The Morgan fingerprint density at radius 1 is 1.54 bits per heavy atom. The molecule has 13 heavy (non-hydrogen) atoms. The Kier molecular flexibility index (Phi) is 3.69. The van der Waals surface area contributed by atoms with Gasteiger partial charge in [-0.15, -0.1) is 0 Å². The number of hydrogen-bond donors (Lipinski definition) is 1. The van der Waals surface area contributed by atoms with E-state index in [1.54, 1.807) is 0 Å². The molecule has 0 aromatic rings. The van der Waals surface area contributed by atoms with Gasteiger partial charge in [0.15, 0.2) is 0 Å². The monoisotopic (exact) mass is 185 g/mol. The Hall–Kier alpha value is -0.610. The van der Waals surface area contributed by atoms with E-state index in [0.29, 0.717) is 12.5 Å². The maximum atomic E-state index is 11.1. The van der Waals surface area contributed by atoms with Crippen LogP contribution >= 0.6 is 0 Å². The van der Waals surface area contributed by atoms with Gasteiger partial charge in [0.25, 0.3) is 0 Å². The molecule has 0 radical (unpaired) electrons. The van der Waals surface area contributed by atoms with Crippen LogP contribution in [0.2, 0.25) is 0 Å². The summed E-state index contributed by atoms with van der Waals surface area (Å²) in [7, 11) is 2.11. The summed E-state index contributed by atoms with van der Waals surface area (Å²) in [6.07, 6.45) is 0.556. The maximum absolute atomic E-state index is 11.1. The zero-order chi connectivity index (χ0) is 9.84. The summed E-state index contributed by atoms with van der Waals surface area (Å²) in [5, 5.41) is 2.01. The lowest BCUT2D eigenvalue weighted by atomic mass is 10.2. The normalized spacial score (nSPS) is 25.9. The van der Waals surface area contributed by atoms with Crippen molar-refractivity contribution in [2.45, 2.75) is 26.3 Å². The fourth-order valence-electron chi connectivity index (χ4n) is 1.41. The van der Waals surface area contributed by atoms with Crippen molar-refractivity contribution in [1.82, 2.24) is 15.3 Å². The summed E-state index contributed by atoms with van der Waals surface area (Å²) in [5.74, 6) is 0.108. The topological polar surface area (TPSA) is 35.6 Å². The van der Waals surface area contributed by atoms with Gasteiger partial charge < -0.3 is 4.90 Å². The zero-order valence-corrected chi connectivity index (χ0v) is 8.71. The summed E-state index contributed by atoms with van der Waals surface area (Å²) < 4.78 is 0. The SMILES string of the molecule is CCC(=O)NN1CCN(C)C(C)C1. The molecule has 1 heterocycles. The maximum Gasteiger partial charge on any atom is 0.233 e. The number of nitrogens with one attached hydrogen (secondary N) is 1. The fourth-order valence-corrected chi connectivity index (χ4v) is 1.41. The molecule has 0 aromatic heterocycles. The Morgan fingerprint density at radius 2 is 2.23 bits per heavy atom. The molecule has 0 saturated carbocycles. The van der Waals surface area contributed by atoms with E-state index in [2.05, 4.69) is 24.3 Å². The minimum Gasteiger partial charge on any atom is -0.301 e. The number of carbonyl (C=O) groups excluding carboxylic acids is 1. The van der Waals surface area contributed by atoms with Gasteiger partial charge in [0.1, 0.15) is 0 Å². The molecule has 0 bridgehead atoms. The number of hydrogen-bond acceptors (Lipinski definition) is 3. The first-order chi connectivity index (χ1) is 6.13. The highest BCUT2D eigenvalue weighted by Crippen LogP contribution is 2.04. The van der Waals surface area contributed by atoms with Gasteiger partial charge in [-0.2, -0.15) is 0 Å². The van der Waals surface area contributed by atoms with Crippen molar-refractivity contribution in [2.24, 2.45) is 0 Å². The number of rotatable bonds is 2. The minimum absolute atomic E-state index is 0.108. The van der Waals surface area contributed by atoms with Gasteiger partial charge >= 0.3 is 0 Å². The van der Waals surface area contributed by atoms with Gasteiger partial charge in [-0.25, -0.2) is 5.01 Å². The van der Waals surface area contributed by atoms with E-state index in [-0.39, 0.29) is 5.91 Å². The van der Waals surface area contributed by atoms with Crippen molar-refractivity contribution in [3.63, 3.8) is 0 Å². The first kappa shape index (κ1) is 10.5. The third-order valence-electron chi connectivity index (χ3n) is 2.56. The van der Waals surface area contributed by atoms with Gasteiger partial charge in [0, 0.05) is 32.1 Å². The molecule has 1 amide bonds. The van der Waals surface area contributed by atoms with Crippen molar-refractivity contribution in [2.75, 3.05) is 26.7 Å². The smallest absolute Gasteiger partial charge is 0.233 e. The minimum atomic E-state index is 0.108. The highest BCUT2D eigenvalue weighted by molar-refractivity contribution is 5.74. The largest absolute Gasteiger partial charge is 0.301 e. The van der Waals surface area contributed by atoms with Crippen LogP contribution in [0, 0.1) is 0 Å². The number of piperazine rings is 1. The van der Waals surface area contributed by atoms with Crippen LogP contribution in [-0.4, -0.2) is 48.5 Å². The molecule has 1 atom stereocenters. The fraction of sp³-hybridized carbons (Fsp3) is 0.889. The van der Waals surface area contributed by atoms with Crippen molar-refractivity contribution in [3.8, 4) is 0 Å². The van der Waals surface area contributed by atoms with E-state index in [9.17, 15) is 4.79 Å². The molecule has 4 nitrogen and oxygen atoms in total. The molecule has 0 spiro atoms. The molecule has 1 saturated heterocycles. The van der Waals surface area contributed by atoms with E-state index < -0.39 is 0 Å². The van der Waals surface area contributed by atoms with Crippen molar-refractivity contribution < 1.29 is 4.79 Å². The molecule has 1 N–H and O–H groups in total. The van der Waals surface area contributed by atoms with Crippen LogP contribution in [0.3, 0.4) is 0 Å². The van der Waals surface area contributed by atoms with Crippen LogP contribution in [0.25, 0.3) is 0 Å². The Labute approximate surface area is 79.9 Å². The lowest BCUT2D eigenvalue weighted by Gasteiger charge is -2.37. The van der Waals surface area contributed by atoms with Crippen LogP contribution in [-0.2, 0) is 4.79 Å². The second kappa shape index (κ2) is 4.58. The van der Waals surface area contributed by atoms with E-state index >= 15 is 0 Å². The summed E-state index contributed by atoms with van der Waals surface area (Å²) in [5.41, 5.74) is 2.89. The number of amides is 1. The van der Waals surface area contributed by atoms with Crippen LogP contribution in [0.4, 0.5) is 0 Å². The molecule has 1 aliphatic heterocycles. The van der Waals surface area contributed by atoms with E-state index in [1.807, 2.05) is 11.9 Å². The van der Waals surface area contributed by atoms with Gasteiger partial charge in [0.05, 0.1) is 0 Å². The standard InChI is InChI=1S/C9H19N3O/c1-4-9(13)10-12-6-5-11(3)8(2)7-12/h8H,4-7H2,1-3H3,(H,10,13). The molecule has 1 fully saturated rings. The second-order valence-electron chi connectivity index (χ2n) is 3.66. The summed E-state index contributed by atoms with van der Waals surface area (Å²) in [6.45, 7) is 6.90. The Bertz CT molecular complexity index is 184. The van der Waals surface area contributed by atoms with E-state index in [0.717, 1.165) is 19.6 Å². The molecule has 1 rings (SSSR count). The first-order valence-electron chi connectivity index (χ1n) is 4.88. The third kappa shape index (κ3) is 2.97. The highest BCUT2D eigenvalue weighted by Gasteiger charge is 2.20. The average Bonchev–Trinajstić information content (AvgIpc) is 2.11. The predicted octanol–water partition coefficient (Wildman–Crippen LogP) is 0.0635. The van der Waals surface area contributed by atoms with Gasteiger partial charge in [-0.3, -0.25) is 10.2 Å². The Balaban J connectivity index is 2.33.